The summed E-state index contributed by atoms with van der Waals surface area (Å²) in [7, 11) is 0. The number of hydrogen-bond acceptors (Lipinski definition) is 3. The number of nitrogens with one attached hydrogen (secondary N) is 1. The Bertz CT molecular complexity index is 1070. The van der Waals surface area contributed by atoms with Crippen LogP contribution >= 0.6 is 47.0 Å². The highest BCUT2D eigenvalue weighted by atomic mass is 35.6. The molecule has 2 fully saturated rings. The minimum absolute atomic E-state index is 0.280. The Labute approximate surface area is 234 Å². The molecule has 1 N–H and O–H groups in total. The first kappa shape index (κ1) is 27.4. The number of anilines is 1. The molecule has 194 valence electrons. The Balaban J connectivity index is 1.50. The third kappa shape index (κ3) is 7.03. The largest absolute Gasteiger partial charge is 0.328 e. The van der Waals surface area contributed by atoms with Gasteiger partial charge in [0.05, 0.1) is 11.2 Å². The van der Waals surface area contributed by atoms with Crippen LogP contribution in [0.4, 0.5) is 5.69 Å². The fourth-order valence-corrected chi connectivity index (χ4v) is 6.02. The number of para-hydroxylation sites is 1. The molecule has 2 aliphatic rings. The molecule has 0 spiro atoms. The summed E-state index contributed by atoms with van der Waals surface area (Å²) in [5.74, 6) is 0.128. The maximum atomic E-state index is 13.0. The summed E-state index contributed by atoms with van der Waals surface area (Å²) in [6.07, 6.45) is 15.1. The molecule has 1 atom stereocenters. The number of carbonyl (C=O) groups is 1. The Morgan fingerprint density at radius 3 is 2.44 bits per heavy atom. The molecule has 4 rings (SSSR count). The van der Waals surface area contributed by atoms with Crippen molar-refractivity contribution in [1.29, 1.82) is 0 Å². The van der Waals surface area contributed by atoms with E-state index in [0.717, 1.165) is 35.9 Å². The van der Waals surface area contributed by atoms with Crippen molar-refractivity contribution in [2.75, 3.05) is 18.0 Å². The number of halogens is 3. The molecule has 1 aromatic heterocycles. The summed E-state index contributed by atoms with van der Waals surface area (Å²) in [6.45, 7) is 1.28. The van der Waals surface area contributed by atoms with E-state index in [-0.39, 0.29) is 5.91 Å². The van der Waals surface area contributed by atoms with Gasteiger partial charge in [-0.1, -0.05) is 97.6 Å². The molecule has 0 radical (unpaired) electrons. The number of carbonyl (C=O) groups excluding carboxylic acids is 1. The van der Waals surface area contributed by atoms with Gasteiger partial charge in [0.2, 0.25) is 9.70 Å². The summed E-state index contributed by atoms with van der Waals surface area (Å²) < 4.78 is -1.77. The molecular weight excluding hydrogens is 535 g/mol. The van der Waals surface area contributed by atoms with Gasteiger partial charge in [-0.3, -0.25) is 9.78 Å². The predicted octanol–water partition coefficient (Wildman–Crippen LogP) is 7.15. The Kier molecular flexibility index (Phi) is 9.73. The number of hydrogen-bond donors (Lipinski definition) is 1. The molecule has 9 heteroatoms. The van der Waals surface area contributed by atoms with Gasteiger partial charge < -0.3 is 15.1 Å². The molecular formula is C27H33Cl3N4OS. The molecule has 1 aromatic carbocycles. The zero-order valence-corrected chi connectivity index (χ0v) is 23.4. The fourth-order valence-electron chi connectivity index (χ4n) is 5.11. The van der Waals surface area contributed by atoms with Crippen LogP contribution in [0.5, 0.6) is 0 Å². The number of thiocarbonyl (C=S) groups is 1. The van der Waals surface area contributed by atoms with Gasteiger partial charge in [0, 0.05) is 24.7 Å². The molecule has 1 saturated heterocycles. The third-order valence-electron chi connectivity index (χ3n) is 6.98. The van der Waals surface area contributed by atoms with Crippen molar-refractivity contribution in [3.05, 3.63) is 48.7 Å². The number of alkyl halides is 3. The van der Waals surface area contributed by atoms with Gasteiger partial charge in [-0.25, -0.2) is 0 Å². The van der Waals surface area contributed by atoms with Gasteiger partial charge in [0.1, 0.15) is 0 Å². The van der Waals surface area contributed by atoms with E-state index in [4.69, 9.17) is 47.0 Å². The molecule has 1 saturated carbocycles. The number of benzene rings is 1. The standard InChI is InChI=1S/C27H33Cl3N4OS/c28-27(29,30)25(32-23(35)16-15-20-10-5-3-1-2-4-6-11-20)34-19-9-18-33(26(34)36)22-14-7-12-21-13-8-17-31-24(21)22/h7-8,12-17,20,25H,1-6,9-11,18-19H2,(H,32,35)/b16-15+. The molecule has 36 heavy (non-hydrogen) atoms. The average molecular weight is 568 g/mol. The number of aromatic nitrogens is 1. The lowest BCUT2D eigenvalue weighted by Crippen LogP contribution is -2.62. The van der Waals surface area contributed by atoms with Crippen molar-refractivity contribution in [2.24, 2.45) is 5.92 Å². The monoisotopic (exact) mass is 566 g/mol. The molecule has 1 aliphatic carbocycles. The van der Waals surface area contributed by atoms with E-state index in [1.807, 2.05) is 41.3 Å². The highest BCUT2D eigenvalue weighted by molar-refractivity contribution is 7.80. The van der Waals surface area contributed by atoms with E-state index >= 15 is 0 Å². The first-order valence-electron chi connectivity index (χ1n) is 12.8. The van der Waals surface area contributed by atoms with E-state index in [2.05, 4.69) is 10.3 Å². The van der Waals surface area contributed by atoms with Crippen molar-refractivity contribution < 1.29 is 4.79 Å². The number of allylic oxidation sites excluding steroid dienone is 1. The minimum atomic E-state index is -1.77. The lowest BCUT2D eigenvalue weighted by molar-refractivity contribution is -0.118. The second kappa shape index (κ2) is 12.8. The third-order valence-corrected chi connectivity index (χ3v) is 8.05. The van der Waals surface area contributed by atoms with Gasteiger partial charge in [0.15, 0.2) is 11.3 Å². The first-order valence-corrected chi connectivity index (χ1v) is 14.4. The predicted molar refractivity (Wildman–Crippen MR) is 155 cm³/mol. The molecule has 1 aliphatic heterocycles. The van der Waals surface area contributed by atoms with E-state index < -0.39 is 9.96 Å². The van der Waals surface area contributed by atoms with Gasteiger partial charge in [0.25, 0.3) is 0 Å². The minimum Gasteiger partial charge on any atom is -0.328 e. The van der Waals surface area contributed by atoms with Crippen molar-refractivity contribution in [1.82, 2.24) is 15.2 Å². The fraction of sp³-hybridized carbons (Fsp3) is 0.519. The van der Waals surface area contributed by atoms with Crippen molar-refractivity contribution >= 4 is 74.6 Å². The van der Waals surface area contributed by atoms with E-state index in [9.17, 15) is 4.79 Å². The highest BCUT2D eigenvalue weighted by Gasteiger charge is 2.42. The van der Waals surface area contributed by atoms with Crippen molar-refractivity contribution in [3.8, 4) is 0 Å². The number of pyridine rings is 1. The molecule has 0 bridgehead atoms. The van der Waals surface area contributed by atoms with Crippen LogP contribution in [0.3, 0.4) is 0 Å². The van der Waals surface area contributed by atoms with Crippen molar-refractivity contribution in [2.45, 2.75) is 67.7 Å². The molecule has 5 nitrogen and oxygen atoms in total. The van der Waals surface area contributed by atoms with Gasteiger partial charge in [-0.2, -0.15) is 0 Å². The van der Waals surface area contributed by atoms with Crippen LogP contribution in [-0.2, 0) is 4.79 Å². The maximum absolute atomic E-state index is 13.0. The molecule has 1 amide bonds. The lowest BCUT2D eigenvalue weighted by Gasteiger charge is -2.44. The van der Waals surface area contributed by atoms with Gasteiger partial charge >= 0.3 is 0 Å². The Hall–Kier alpha value is -1.60. The van der Waals surface area contributed by atoms with Gasteiger partial charge in [-0.05, 0) is 55.6 Å². The summed E-state index contributed by atoms with van der Waals surface area (Å²) in [4.78, 5) is 21.4. The quantitative estimate of drug-likeness (QED) is 0.236. The number of nitrogens with zero attached hydrogens (tertiary/aromatic N) is 3. The van der Waals surface area contributed by atoms with E-state index in [1.165, 1.54) is 38.5 Å². The Morgan fingerprint density at radius 1 is 1.03 bits per heavy atom. The average Bonchev–Trinajstić information content (AvgIpc) is 2.99. The highest BCUT2D eigenvalue weighted by Crippen LogP contribution is 2.35. The Morgan fingerprint density at radius 2 is 1.72 bits per heavy atom. The van der Waals surface area contributed by atoms with Crippen molar-refractivity contribution in [3.63, 3.8) is 0 Å². The molecule has 1 unspecified atom stereocenters. The number of amides is 1. The SMILES string of the molecule is O=C(/C=C/C1CCCCCCCC1)NC(N1CCCN(c2cccc3cccnc23)C1=S)C(Cl)(Cl)Cl. The first-order chi connectivity index (χ1) is 17.3. The van der Waals surface area contributed by atoms with Crippen LogP contribution in [-0.4, -0.2) is 44.0 Å². The smallest absolute Gasteiger partial charge is 0.245 e. The van der Waals surface area contributed by atoms with Crippen LogP contribution in [0.1, 0.15) is 57.8 Å². The summed E-state index contributed by atoms with van der Waals surface area (Å²) in [5, 5.41) is 4.44. The summed E-state index contributed by atoms with van der Waals surface area (Å²) in [6, 6.07) is 9.93. The van der Waals surface area contributed by atoms with Crippen LogP contribution in [0.25, 0.3) is 10.9 Å². The summed E-state index contributed by atoms with van der Waals surface area (Å²) in [5.41, 5.74) is 1.76. The van der Waals surface area contributed by atoms with Crippen LogP contribution in [0.15, 0.2) is 48.7 Å². The van der Waals surface area contributed by atoms with Gasteiger partial charge in [-0.15, -0.1) is 0 Å². The van der Waals surface area contributed by atoms with Crippen LogP contribution < -0.4 is 10.2 Å². The summed E-state index contributed by atoms with van der Waals surface area (Å²) >= 11 is 25.1. The molecule has 2 aromatic rings. The van der Waals surface area contributed by atoms with Crippen LogP contribution in [0.2, 0.25) is 0 Å². The second-order valence-corrected chi connectivity index (χ2v) is 12.3. The lowest BCUT2D eigenvalue weighted by atomic mass is 9.96. The second-order valence-electron chi connectivity index (χ2n) is 9.60. The zero-order valence-electron chi connectivity index (χ0n) is 20.3. The number of rotatable bonds is 5. The zero-order chi connectivity index (χ0) is 25.5. The van der Waals surface area contributed by atoms with E-state index in [1.54, 1.807) is 17.2 Å². The topological polar surface area (TPSA) is 48.5 Å². The normalized spacial score (nSPS) is 19.7. The van der Waals surface area contributed by atoms with Crippen LogP contribution in [0, 0.1) is 5.92 Å². The maximum Gasteiger partial charge on any atom is 0.245 e. The number of fused-ring (bicyclic) bond motifs is 1. The molecule has 2 heterocycles. The van der Waals surface area contributed by atoms with E-state index in [0.29, 0.717) is 24.1 Å².